The molecular formula is C22H49NO13. The Morgan fingerprint density at radius 2 is 0.639 bits per heavy atom. The molecule has 220 valence electrons. The van der Waals surface area contributed by atoms with E-state index in [1.807, 2.05) is 0 Å². The summed E-state index contributed by atoms with van der Waals surface area (Å²) in [6, 6.07) is 0. The molecule has 0 heterocycles. The van der Waals surface area contributed by atoms with Crippen LogP contribution in [0.4, 0.5) is 0 Å². The van der Waals surface area contributed by atoms with Crippen molar-refractivity contribution >= 4 is 0 Å². The predicted octanol–water partition coefficient (Wildman–Crippen LogP) is -2.62. The highest BCUT2D eigenvalue weighted by molar-refractivity contribution is 4.80. The molecule has 0 saturated carbocycles. The van der Waals surface area contributed by atoms with Crippen LogP contribution in [-0.2, 0) is 42.6 Å². The highest BCUT2D eigenvalue weighted by Gasteiger charge is 2.20. The van der Waals surface area contributed by atoms with E-state index in [1.54, 1.807) is 7.11 Å². The van der Waals surface area contributed by atoms with Crippen LogP contribution < -0.4 is 5.73 Å². The molecule has 0 fully saturated rings. The van der Waals surface area contributed by atoms with Crippen LogP contribution in [0.15, 0.2) is 0 Å². The monoisotopic (exact) mass is 535 g/mol. The van der Waals surface area contributed by atoms with Crippen molar-refractivity contribution in [1.29, 1.82) is 0 Å². The molecule has 0 saturated heterocycles. The molecule has 0 aliphatic rings. The Labute approximate surface area is 214 Å². The molecule has 0 radical (unpaired) electrons. The van der Waals surface area contributed by atoms with Crippen molar-refractivity contribution in [2.45, 2.75) is 5.54 Å². The molecule has 0 amide bonds. The van der Waals surface area contributed by atoms with Crippen molar-refractivity contribution in [3.8, 4) is 0 Å². The van der Waals surface area contributed by atoms with E-state index >= 15 is 0 Å². The molecule has 0 spiro atoms. The fourth-order valence-corrected chi connectivity index (χ4v) is 1.90. The van der Waals surface area contributed by atoms with Gasteiger partial charge in [0.2, 0.25) is 0 Å². The van der Waals surface area contributed by atoms with Gasteiger partial charge in [-0.2, -0.15) is 0 Å². The number of hydrogen-bond acceptors (Lipinski definition) is 14. The van der Waals surface area contributed by atoms with Crippen molar-refractivity contribution in [3.63, 3.8) is 0 Å². The highest BCUT2D eigenvalue weighted by Crippen LogP contribution is 1.93. The standard InChI is InChI=1S/C18H38O10.C4H11NO3/c1-20-2-3-21-4-5-22-6-7-23-8-9-24-10-11-25-12-13-26-14-15-27-16-17-28-18-19;5-4(1-6,2-7)3-8/h19H,2-18H2,1H3;6-8H,1-3,5H2. The van der Waals surface area contributed by atoms with Gasteiger partial charge in [-0.1, -0.05) is 0 Å². The molecule has 0 aromatic carbocycles. The average molecular weight is 536 g/mol. The third-order valence-corrected chi connectivity index (χ3v) is 4.07. The molecule has 6 N–H and O–H groups in total. The predicted molar refractivity (Wildman–Crippen MR) is 129 cm³/mol. The lowest BCUT2D eigenvalue weighted by molar-refractivity contribution is -0.0417. The third-order valence-electron chi connectivity index (χ3n) is 4.07. The normalized spacial score (nSPS) is 11.5. The van der Waals surface area contributed by atoms with Crippen LogP contribution in [0.5, 0.6) is 0 Å². The van der Waals surface area contributed by atoms with Crippen LogP contribution in [0.2, 0.25) is 0 Å². The minimum atomic E-state index is -1.21. The zero-order valence-electron chi connectivity index (χ0n) is 21.7. The van der Waals surface area contributed by atoms with Gasteiger partial charge in [0.1, 0.15) is 6.79 Å². The van der Waals surface area contributed by atoms with Crippen molar-refractivity contribution < 1.29 is 63.1 Å². The molecule has 0 unspecified atom stereocenters. The number of aliphatic hydroxyl groups is 4. The van der Waals surface area contributed by atoms with Gasteiger partial charge in [-0.3, -0.25) is 0 Å². The van der Waals surface area contributed by atoms with Crippen LogP contribution in [0.3, 0.4) is 0 Å². The van der Waals surface area contributed by atoms with Gasteiger partial charge >= 0.3 is 0 Å². The van der Waals surface area contributed by atoms with E-state index in [2.05, 4.69) is 0 Å². The zero-order chi connectivity index (χ0) is 27.0. The fourth-order valence-electron chi connectivity index (χ4n) is 1.90. The Morgan fingerprint density at radius 1 is 0.417 bits per heavy atom. The first-order valence-corrected chi connectivity index (χ1v) is 11.9. The Hall–Kier alpha value is -0.560. The van der Waals surface area contributed by atoms with E-state index in [0.717, 1.165) is 0 Å². The summed E-state index contributed by atoms with van der Waals surface area (Å²) in [6.07, 6.45) is 0. The first kappa shape index (κ1) is 37.6. The minimum absolute atomic E-state index is 0.282. The van der Waals surface area contributed by atoms with Crippen molar-refractivity contribution in [2.75, 3.05) is 139 Å². The maximum Gasteiger partial charge on any atom is 0.143 e. The number of rotatable bonds is 28. The van der Waals surface area contributed by atoms with Gasteiger partial charge in [0.05, 0.1) is 131 Å². The summed E-state index contributed by atoms with van der Waals surface area (Å²) in [7, 11) is 1.64. The number of aliphatic hydroxyl groups excluding tert-OH is 4. The third kappa shape index (κ3) is 31.5. The summed E-state index contributed by atoms with van der Waals surface area (Å²) < 4.78 is 46.9. The lowest BCUT2D eigenvalue weighted by Crippen LogP contribution is -2.50. The second kappa shape index (κ2) is 32.5. The lowest BCUT2D eigenvalue weighted by Gasteiger charge is -2.20. The average Bonchev–Trinajstić information content (AvgIpc) is 2.91. The first-order valence-electron chi connectivity index (χ1n) is 11.9. The Bertz CT molecular complexity index is 359. The van der Waals surface area contributed by atoms with Crippen molar-refractivity contribution in [1.82, 2.24) is 0 Å². The summed E-state index contributed by atoms with van der Waals surface area (Å²) in [5, 5.41) is 33.4. The van der Waals surface area contributed by atoms with E-state index in [1.165, 1.54) is 0 Å². The summed E-state index contributed by atoms with van der Waals surface area (Å²) in [5.74, 6) is 0. The van der Waals surface area contributed by atoms with Crippen molar-refractivity contribution in [3.05, 3.63) is 0 Å². The highest BCUT2D eigenvalue weighted by atomic mass is 16.6. The van der Waals surface area contributed by atoms with Gasteiger partial charge in [0.15, 0.2) is 0 Å². The molecule has 36 heavy (non-hydrogen) atoms. The molecule has 0 aliphatic heterocycles. The maximum absolute atomic E-state index is 8.40. The quantitative estimate of drug-likeness (QED) is 0.0517. The van der Waals surface area contributed by atoms with Crippen LogP contribution >= 0.6 is 0 Å². The largest absolute Gasteiger partial charge is 0.394 e. The van der Waals surface area contributed by atoms with Crippen LogP contribution in [-0.4, -0.2) is 165 Å². The second-order valence-electron chi connectivity index (χ2n) is 7.15. The van der Waals surface area contributed by atoms with E-state index in [0.29, 0.717) is 106 Å². The number of hydrogen-bond donors (Lipinski definition) is 5. The second-order valence-corrected chi connectivity index (χ2v) is 7.15. The van der Waals surface area contributed by atoms with E-state index < -0.39 is 25.4 Å². The molecule has 0 aromatic rings. The van der Waals surface area contributed by atoms with Gasteiger partial charge in [-0.25, -0.2) is 0 Å². The Balaban J connectivity index is 0. The SMILES string of the molecule is COCCOCCOCCOCCOCCOCCOCCOCCOCO.NC(CO)(CO)CO. The molecule has 0 aromatic heterocycles. The van der Waals surface area contributed by atoms with Crippen LogP contribution in [0, 0.1) is 0 Å². The molecule has 0 rings (SSSR count). The van der Waals surface area contributed by atoms with E-state index in [9.17, 15) is 0 Å². The Kier molecular flexibility index (Phi) is 33.9. The van der Waals surface area contributed by atoms with Gasteiger partial charge in [0.25, 0.3) is 0 Å². The first-order chi connectivity index (χ1) is 17.6. The van der Waals surface area contributed by atoms with E-state index in [4.69, 9.17) is 68.8 Å². The number of nitrogens with two attached hydrogens (primary N) is 1. The van der Waals surface area contributed by atoms with Crippen LogP contribution in [0.1, 0.15) is 0 Å². The van der Waals surface area contributed by atoms with Crippen LogP contribution in [0.25, 0.3) is 0 Å². The van der Waals surface area contributed by atoms with Gasteiger partial charge in [0, 0.05) is 7.11 Å². The molecule has 0 aliphatic carbocycles. The Morgan fingerprint density at radius 3 is 0.806 bits per heavy atom. The summed E-state index contributed by atoms with van der Waals surface area (Å²) >= 11 is 0. The molecular weight excluding hydrogens is 486 g/mol. The molecule has 14 nitrogen and oxygen atoms in total. The maximum atomic E-state index is 8.40. The van der Waals surface area contributed by atoms with E-state index in [-0.39, 0.29) is 6.79 Å². The van der Waals surface area contributed by atoms with Gasteiger partial charge in [-0.05, 0) is 0 Å². The fraction of sp³-hybridized carbons (Fsp3) is 1.00. The number of ether oxygens (including phenoxy) is 9. The van der Waals surface area contributed by atoms with Gasteiger partial charge < -0.3 is 68.8 Å². The van der Waals surface area contributed by atoms with Gasteiger partial charge in [-0.15, -0.1) is 0 Å². The van der Waals surface area contributed by atoms with Crippen molar-refractivity contribution in [2.24, 2.45) is 5.73 Å². The topological polar surface area (TPSA) is 190 Å². The lowest BCUT2D eigenvalue weighted by atomic mass is 10.1. The minimum Gasteiger partial charge on any atom is -0.394 e. The molecule has 0 bridgehead atoms. The molecule has 14 heteroatoms. The summed E-state index contributed by atoms with van der Waals surface area (Å²) in [5.41, 5.74) is 3.94. The zero-order valence-corrected chi connectivity index (χ0v) is 21.7. The summed E-state index contributed by atoms with van der Waals surface area (Å²) in [4.78, 5) is 0. The number of methoxy groups -OCH3 is 1. The smallest absolute Gasteiger partial charge is 0.143 e. The summed E-state index contributed by atoms with van der Waals surface area (Å²) in [6.45, 7) is 6.81. The molecule has 0 atom stereocenters.